The molecular formula is C19H26N2O6. The maximum Gasteiger partial charge on any atom is 0.319 e. The first kappa shape index (κ1) is 20.4. The molecule has 1 aliphatic rings. The molecule has 8 heteroatoms. The Morgan fingerprint density at radius 3 is 2.37 bits per heavy atom. The summed E-state index contributed by atoms with van der Waals surface area (Å²) in [5.41, 5.74) is 1.09. The summed E-state index contributed by atoms with van der Waals surface area (Å²) >= 11 is 0. The highest BCUT2D eigenvalue weighted by atomic mass is 16.5. The molecule has 0 spiro atoms. The molecule has 0 saturated carbocycles. The lowest BCUT2D eigenvalue weighted by Crippen LogP contribution is -2.51. The van der Waals surface area contributed by atoms with Gasteiger partial charge in [0.1, 0.15) is 5.92 Å². The number of benzene rings is 1. The van der Waals surface area contributed by atoms with E-state index in [0.717, 1.165) is 0 Å². The van der Waals surface area contributed by atoms with E-state index in [1.807, 2.05) is 6.92 Å². The first-order chi connectivity index (χ1) is 13.0. The number of esters is 1. The predicted molar refractivity (Wildman–Crippen MR) is 99.0 cm³/mol. The molecule has 1 aliphatic heterocycles. The van der Waals surface area contributed by atoms with Crippen molar-refractivity contribution >= 4 is 12.0 Å². The second-order valence-electron chi connectivity index (χ2n) is 5.80. The standard InChI is InChI=1S/C19H26N2O6/c1-6-8-12-14(18(22)27-7-2)15(21-19(23)20-12)11-9-10-13(24-3)17(26-5)16(11)25-4/h8-10,14-15H,6-7H2,1-5H3,(H2,20,21,23)/b12-8+/t14-,15+/m0/s1. The Balaban J connectivity index is 2.62. The summed E-state index contributed by atoms with van der Waals surface area (Å²) < 4.78 is 21.5. The fourth-order valence-corrected chi connectivity index (χ4v) is 3.17. The number of allylic oxidation sites excluding steroid dienone is 1. The van der Waals surface area contributed by atoms with E-state index < -0.39 is 24.0 Å². The highest BCUT2D eigenvalue weighted by Crippen LogP contribution is 2.45. The molecule has 0 unspecified atom stereocenters. The zero-order valence-electron chi connectivity index (χ0n) is 16.3. The normalized spacial score (nSPS) is 20.5. The van der Waals surface area contributed by atoms with Crippen molar-refractivity contribution in [2.24, 2.45) is 5.92 Å². The van der Waals surface area contributed by atoms with Crippen LogP contribution in [0.3, 0.4) is 0 Å². The number of hydrogen-bond acceptors (Lipinski definition) is 6. The number of nitrogens with one attached hydrogen (secondary N) is 2. The molecule has 1 saturated heterocycles. The van der Waals surface area contributed by atoms with Gasteiger partial charge in [0.15, 0.2) is 11.5 Å². The number of urea groups is 1. The smallest absolute Gasteiger partial charge is 0.319 e. The van der Waals surface area contributed by atoms with Gasteiger partial charge in [0.25, 0.3) is 0 Å². The van der Waals surface area contributed by atoms with Gasteiger partial charge in [-0.2, -0.15) is 0 Å². The van der Waals surface area contributed by atoms with Crippen molar-refractivity contribution in [3.05, 3.63) is 29.5 Å². The lowest BCUT2D eigenvalue weighted by atomic mass is 9.87. The summed E-state index contributed by atoms with van der Waals surface area (Å²) in [6, 6.07) is 2.35. The molecule has 8 nitrogen and oxygen atoms in total. The third-order valence-corrected chi connectivity index (χ3v) is 4.25. The summed E-state index contributed by atoms with van der Waals surface area (Å²) in [6.45, 7) is 3.90. The van der Waals surface area contributed by atoms with Crippen LogP contribution >= 0.6 is 0 Å². The van der Waals surface area contributed by atoms with Crippen LogP contribution in [0.5, 0.6) is 17.2 Å². The first-order valence-corrected chi connectivity index (χ1v) is 8.75. The van der Waals surface area contributed by atoms with E-state index in [1.54, 1.807) is 25.1 Å². The minimum atomic E-state index is -0.741. The Kier molecular flexibility index (Phi) is 6.92. The third kappa shape index (κ3) is 4.10. The summed E-state index contributed by atoms with van der Waals surface area (Å²) in [5.74, 6) is 0.0691. The molecule has 0 aliphatic carbocycles. The van der Waals surface area contributed by atoms with Gasteiger partial charge in [0, 0.05) is 11.3 Å². The molecule has 0 radical (unpaired) electrons. The van der Waals surface area contributed by atoms with E-state index in [-0.39, 0.29) is 6.61 Å². The van der Waals surface area contributed by atoms with Crippen LogP contribution in [0.15, 0.2) is 23.9 Å². The van der Waals surface area contributed by atoms with Crippen LogP contribution < -0.4 is 24.8 Å². The fourth-order valence-electron chi connectivity index (χ4n) is 3.17. The molecule has 27 heavy (non-hydrogen) atoms. The van der Waals surface area contributed by atoms with Gasteiger partial charge in [-0.15, -0.1) is 0 Å². The van der Waals surface area contributed by atoms with Gasteiger partial charge in [0.2, 0.25) is 5.75 Å². The molecule has 2 atom stereocenters. The molecule has 1 heterocycles. The van der Waals surface area contributed by atoms with Gasteiger partial charge in [-0.1, -0.05) is 13.0 Å². The maximum atomic E-state index is 12.7. The first-order valence-electron chi connectivity index (χ1n) is 8.75. The Labute approximate surface area is 158 Å². The molecule has 0 aromatic heterocycles. The number of methoxy groups -OCH3 is 3. The monoisotopic (exact) mass is 378 g/mol. The van der Waals surface area contributed by atoms with E-state index in [4.69, 9.17) is 18.9 Å². The second-order valence-corrected chi connectivity index (χ2v) is 5.80. The zero-order chi connectivity index (χ0) is 20.0. The van der Waals surface area contributed by atoms with Crippen molar-refractivity contribution < 1.29 is 28.5 Å². The van der Waals surface area contributed by atoms with Crippen LogP contribution in [-0.2, 0) is 9.53 Å². The molecule has 1 fully saturated rings. The molecule has 148 valence electrons. The summed E-state index contributed by atoms with van der Waals surface area (Å²) in [7, 11) is 4.51. The molecule has 1 aromatic rings. The molecule has 2 amide bonds. The van der Waals surface area contributed by atoms with Crippen LogP contribution in [0.1, 0.15) is 31.9 Å². The van der Waals surface area contributed by atoms with E-state index in [1.165, 1.54) is 21.3 Å². The van der Waals surface area contributed by atoms with Crippen molar-refractivity contribution in [2.45, 2.75) is 26.3 Å². The van der Waals surface area contributed by atoms with Crippen molar-refractivity contribution in [2.75, 3.05) is 27.9 Å². The van der Waals surface area contributed by atoms with Crippen molar-refractivity contribution in [1.82, 2.24) is 10.6 Å². The van der Waals surface area contributed by atoms with Gasteiger partial charge in [-0.3, -0.25) is 4.79 Å². The molecule has 2 N–H and O–H groups in total. The Morgan fingerprint density at radius 1 is 1.11 bits per heavy atom. The van der Waals surface area contributed by atoms with Crippen LogP contribution in [0.4, 0.5) is 4.79 Å². The van der Waals surface area contributed by atoms with E-state index in [2.05, 4.69) is 10.6 Å². The van der Waals surface area contributed by atoms with Gasteiger partial charge in [-0.05, 0) is 25.5 Å². The molecule has 1 aromatic carbocycles. The summed E-state index contributed by atoms with van der Waals surface area (Å²) in [6.07, 6.45) is 2.46. The average Bonchev–Trinajstić information content (AvgIpc) is 2.66. The number of ether oxygens (including phenoxy) is 4. The quantitative estimate of drug-likeness (QED) is 0.708. The minimum Gasteiger partial charge on any atom is -0.493 e. The Morgan fingerprint density at radius 2 is 1.81 bits per heavy atom. The number of rotatable bonds is 7. The van der Waals surface area contributed by atoms with Gasteiger partial charge in [0.05, 0.1) is 34.0 Å². The van der Waals surface area contributed by atoms with Crippen LogP contribution in [-0.4, -0.2) is 39.9 Å². The second kappa shape index (κ2) is 9.16. The van der Waals surface area contributed by atoms with Gasteiger partial charge in [-0.25, -0.2) is 4.79 Å². The van der Waals surface area contributed by atoms with Crippen molar-refractivity contribution in [1.29, 1.82) is 0 Å². The fraction of sp³-hybridized carbons (Fsp3) is 0.474. The average molecular weight is 378 g/mol. The largest absolute Gasteiger partial charge is 0.493 e. The molecule has 0 bridgehead atoms. The third-order valence-electron chi connectivity index (χ3n) is 4.25. The Hall–Kier alpha value is -2.90. The zero-order valence-corrected chi connectivity index (χ0v) is 16.3. The van der Waals surface area contributed by atoms with Crippen LogP contribution in [0, 0.1) is 5.92 Å². The van der Waals surface area contributed by atoms with Crippen molar-refractivity contribution in [3.63, 3.8) is 0 Å². The predicted octanol–water partition coefficient (Wildman–Crippen LogP) is 2.54. The topological polar surface area (TPSA) is 95.1 Å². The van der Waals surface area contributed by atoms with E-state index in [0.29, 0.717) is 34.9 Å². The summed E-state index contributed by atoms with van der Waals surface area (Å²) in [5, 5.41) is 5.51. The molecular weight excluding hydrogens is 352 g/mol. The van der Waals surface area contributed by atoms with E-state index in [9.17, 15) is 9.59 Å². The highest BCUT2D eigenvalue weighted by Gasteiger charge is 2.41. The SMILES string of the molecule is CC/C=C1/NC(=O)N[C@H](c2ccc(OC)c(OC)c2OC)[C@H]1C(=O)OCC. The lowest BCUT2D eigenvalue weighted by Gasteiger charge is -2.34. The number of carbonyl (C=O) groups is 2. The van der Waals surface area contributed by atoms with Gasteiger partial charge >= 0.3 is 12.0 Å². The molecule has 2 rings (SSSR count). The lowest BCUT2D eigenvalue weighted by molar-refractivity contribution is -0.147. The highest BCUT2D eigenvalue weighted by molar-refractivity contribution is 5.86. The summed E-state index contributed by atoms with van der Waals surface area (Å²) in [4.78, 5) is 24.9. The van der Waals surface area contributed by atoms with Crippen LogP contribution in [0.2, 0.25) is 0 Å². The Bertz CT molecular complexity index is 731. The number of carbonyl (C=O) groups excluding carboxylic acids is 2. The van der Waals surface area contributed by atoms with Crippen molar-refractivity contribution in [3.8, 4) is 17.2 Å². The van der Waals surface area contributed by atoms with Crippen LogP contribution in [0.25, 0.3) is 0 Å². The number of amides is 2. The van der Waals surface area contributed by atoms with E-state index >= 15 is 0 Å². The maximum absolute atomic E-state index is 12.7. The number of hydrogen-bond donors (Lipinski definition) is 2. The minimum absolute atomic E-state index is 0.235. The van der Waals surface area contributed by atoms with Gasteiger partial charge < -0.3 is 29.6 Å².